The van der Waals surface area contributed by atoms with Gasteiger partial charge < -0.3 is 10.1 Å². The van der Waals surface area contributed by atoms with E-state index in [1.54, 1.807) is 0 Å². The van der Waals surface area contributed by atoms with E-state index in [2.05, 4.69) is 74.0 Å². The number of benzene rings is 2. The summed E-state index contributed by atoms with van der Waals surface area (Å²) in [4.78, 5) is 2.59. The van der Waals surface area contributed by atoms with Gasteiger partial charge in [-0.25, -0.2) is 0 Å². The Balaban J connectivity index is 1.81. The molecule has 0 aliphatic carbocycles. The average Bonchev–Trinajstić information content (AvgIpc) is 2.66. The third-order valence-electron chi connectivity index (χ3n) is 5.23. The zero-order valence-electron chi connectivity index (χ0n) is 16.9. The molecule has 1 aliphatic rings. The van der Waals surface area contributed by atoms with Gasteiger partial charge in [-0.1, -0.05) is 48.0 Å². The van der Waals surface area contributed by atoms with Gasteiger partial charge in [0.15, 0.2) is 0 Å². The minimum Gasteiger partial charge on any atom is -0.488 e. The molecule has 2 aromatic rings. The summed E-state index contributed by atoms with van der Waals surface area (Å²) in [7, 11) is 0. The molecule has 1 atom stereocenters. The lowest BCUT2D eigenvalue weighted by atomic mass is 9.94. The molecule has 3 nitrogen and oxygen atoms in total. The van der Waals surface area contributed by atoms with Crippen molar-refractivity contribution in [3.05, 3.63) is 76.9 Å². The minimum atomic E-state index is 0.394. The molecule has 0 bridgehead atoms. The van der Waals surface area contributed by atoms with Gasteiger partial charge in [0.05, 0.1) is 0 Å². The highest BCUT2D eigenvalue weighted by molar-refractivity contribution is 5.44. The number of rotatable bonds is 7. The van der Waals surface area contributed by atoms with Crippen molar-refractivity contribution < 1.29 is 4.74 Å². The van der Waals surface area contributed by atoms with E-state index in [-0.39, 0.29) is 0 Å². The summed E-state index contributed by atoms with van der Waals surface area (Å²) in [6.45, 7) is 15.5. The zero-order valence-corrected chi connectivity index (χ0v) is 16.9. The van der Waals surface area contributed by atoms with Gasteiger partial charge in [0.2, 0.25) is 0 Å². The van der Waals surface area contributed by atoms with Crippen LogP contribution in [0.25, 0.3) is 0 Å². The molecule has 2 aromatic carbocycles. The first-order valence-electron chi connectivity index (χ1n) is 9.91. The Bertz CT molecular complexity index is 740. The van der Waals surface area contributed by atoms with E-state index in [0.717, 1.165) is 38.3 Å². The molecule has 0 radical (unpaired) electrons. The van der Waals surface area contributed by atoms with Crippen LogP contribution < -0.4 is 10.1 Å². The lowest BCUT2D eigenvalue weighted by molar-refractivity contribution is 0.172. The Hall–Kier alpha value is -2.10. The third-order valence-corrected chi connectivity index (χ3v) is 5.23. The SMILES string of the molecule is C=C(C)C[C@@H](c1cc(C)c(OCc2ccccc2)c(C)c1)N1CCNCC1. The first-order chi connectivity index (χ1) is 13.0. The van der Waals surface area contributed by atoms with Crippen LogP contribution in [0.15, 0.2) is 54.6 Å². The molecule has 1 fully saturated rings. The lowest BCUT2D eigenvalue weighted by Crippen LogP contribution is -2.45. The predicted octanol–water partition coefficient (Wildman–Crippen LogP) is 4.79. The molecule has 144 valence electrons. The molecule has 1 heterocycles. The van der Waals surface area contributed by atoms with Gasteiger partial charge in [-0.05, 0) is 49.4 Å². The van der Waals surface area contributed by atoms with Crippen LogP contribution in [0.3, 0.4) is 0 Å². The quantitative estimate of drug-likeness (QED) is 0.715. The van der Waals surface area contributed by atoms with Crippen LogP contribution in [-0.4, -0.2) is 31.1 Å². The van der Waals surface area contributed by atoms with Crippen LogP contribution in [-0.2, 0) is 6.61 Å². The lowest BCUT2D eigenvalue weighted by Gasteiger charge is -2.36. The number of ether oxygens (including phenoxy) is 1. The predicted molar refractivity (Wildman–Crippen MR) is 113 cm³/mol. The molecule has 1 aliphatic heterocycles. The van der Waals surface area contributed by atoms with Crippen LogP contribution in [0.1, 0.15) is 41.6 Å². The fourth-order valence-electron chi connectivity index (χ4n) is 3.92. The second-order valence-electron chi connectivity index (χ2n) is 7.72. The van der Waals surface area contributed by atoms with Crippen LogP contribution in [0.5, 0.6) is 5.75 Å². The molecule has 1 N–H and O–H groups in total. The molecule has 27 heavy (non-hydrogen) atoms. The van der Waals surface area contributed by atoms with Crippen LogP contribution in [0.2, 0.25) is 0 Å². The van der Waals surface area contributed by atoms with Gasteiger partial charge in [-0.3, -0.25) is 4.90 Å². The first-order valence-corrected chi connectivity index (χ1v) is 9.91. The highest BCUT2D eigenvalue weighted by atomic mass is 16.5. The van der Waals surface area contributed by atoms with Crippen molar-refractivity contribution in [3.8, 4) is 5.75 Å². The highest BCUT2D eigenvalue weighted by Crippen LogP contribution is 2.33. The normalized spacial score (nSPS) is 16.1. The Morgan fingerprint density at radius 3 is 2.33 bits per heavy atom. The van der Waals surface area contributed by atoms with E-state index < -0.39 is 0 Å². The van der Waals surface area contributed by atoms with Crippen LogP contribution in [0, 0.1) is 13.8 Å². The van der Waals surface area contributed by atoms with Crippen molar-refractivity contribution >= 4 is 0 Å². The maximum Gasteiger partial charge on any atom is 0.125 e. The van der Waals surface area contributed by atoms with Crippen LogP contribution >= 0.6 is 0 Å². The smallest absolute Gasteiger partial charge is 0.125 e. The average molecular weight is 365 g/mol. The van der Waals surface area contributed by atoms with E-state index >= 15 is 0 Å². The molecule has 1 saturated heterocycles. The third kappa shape index (κ3) is 5.21. The van der Waals surface area contributed by atoms with Crippen molar-refractivity contribution in [1.29, 1.82) is 0 Å². The molecular formula is C24H32N2O. The molecule has 0 saturated carbocycles. The Labute approximate surface area is 164 Å². The Kier molecular flexibility index (Phi) is 6.70. The number of hydrogen-bond acceptors (Lipinski definition) is 3. The Morgan fingerprint density at radius 1 is 1.11 bits per heavy atom. The van der Waals surface area contributed by atoms with Crippen molar-refractivity contribution in [2.75, 3.05) is 26.2 Å². The molecule has 0 amide bonds. The summed E-state index contributed by atoms with van der Waals surface area (Å²) >= 11 is 0. The maximum atomic E-state index is 6.17. The second kappa shape index (κ2) is 9.20. The topological polar surface area (TPSA) is 24.5 Å². The number of hydrogen-bond donors (Lipinski definition) is 1. The van der Waals surface area contributed by atoms with Gasteiger partial charge in [0, 0.05) is 32.2 Å². The largest absolute Gasteiger partial charge is 0.488 e. The number of nitrogens with zero attached hydrogens (tertiary/aromatic N) is 1. The number of piperazine rings is 1. The molecule has 0 unspecified atom stereocenters. The number of aryl methyl sites for hydroxylation is 2. The van der Waals surface area contributed by atoms with Crippen molar-refractivity contribution in [3.63, 3.8) is 0 Å². The van der Waals surface area contributed by atoms with Gasteiger partial charge in [0.1, 0.15) is 12.4 Å². The van der Waals surface area contributed by atoms with Crippen molar-refractivity contribution in [2.24, 2.45) is 0 Å². The molecular weight excluding hydrogens is 332 g/mol. The van der Waals surface area contributed by atoms with E-state index in [1.807, 2.05) is 6.07 Å². The fraction of sp³-hybridized carbons (Fsp3) is 0.417. The zero-order chi connectivity index (χ0) is 19.2. The summed E-state index contributed by atoms with van der Waals surface area (Å²) < 4.78 is 6.17. The Morgan fingerprint density at radius 2 is 1.74 bits per heavy atom. The molecule has 0 aromatic heterocycles. The van der Waals surface area contributed by atoms with E-state index in [0.29, 0.717) is 12.6 Å². The first kappa shape index (κ1) is 19.7. The molecule has 3 rings (SSSR count). The van der Waals surface area contributed by atoms with E-state index in [4.69, 9.17) is 4.74 Å². The number of nitrogens with one attached hydrogen (secondary N) is 1. The van der Waals surface area contributed by atoms with Crippen molar-refractivity contribution in [1.82, 2.24) is 10.2 Å². The summed E-state index contributed by atoms with van der Waals surface area (Å²) in [5.41, 5.74) is 6.23. The summed E-state index contributed by atoms with van der Waals surface area (Å²) in [6.07, 6.45) is 1.00. The van der Waals surface area contributed by atoms with Gasteiger partial charge in [-0.15, -0.1) is 6.58 Å². The minimum absolute atomic E-state index is 0.394. The molecule has 3 heteroatoms. The van der Waals surface area contributed by atoms with E-state index in [9.17, 15) is 0 Å². The monoisotopic (exact) mass is 364 g/mol. The maximum absolute atomic E-state index is 6.17. The van der Waals surface area contributed by atoms with Gasteiger partial charge in [-0.2, -0.15) is 0 Å². The fourth-order valence-corrected chi connectivity index (χ4v) is 3.92. The van der Waals surface area contributed by atoms with Gasteiger partial charge >= 0.3 is 0 Å². The van der Waals surface area contributed by atoms with Gasteiger partial charge in [0.25, 0.3) is 0 Å². The molecule has 0 spiro atoms. The summed E-state index contributed by atoms with van der Waals surface area (Å²) in [5, 5.41) is 3.45. The summed E-state index contributed by atoms with van der Waals surface area (Å²) in [6, 6.07) is 15.4. The second-order valence-corrected chi connectivity index (χ2v) is 7.72. The highest BCUT2D eigenvalue weighted by Gasteiger charge is 2.23. The van der Waals surface area contributed by atoms with Crippen LogP contribution in [0.4, 0.5) is 0 Å². The summed E-state index contributed by atoms with van der Waals surface area (Å²) in [5.74, 6) is 1.01. The van der Waals surface area contributed by atoms with E-state index in [1.165, 1.54) is 27.8 Å². The standard InChI is InChI=1S/C24H32N2O/c1-18(2)14-23(26-12-10-25-11-13-26)22-15-19(3)24(20(4)16-22)27-17-21-8-6-5-7-9-21/h5-9,15-16,23,25H,1,10-14,17H2,2-4H3/t23-/m0/s1. The van der Waals surface area contributed by atoms with Crippen molar-refractivity contribution in [2.45, 2.75) is 39.8 Å².